The van der Waals surface area contributed by atoms with E-state index in [1.54, 1.807) is 11.8 Å². The van der Waals surface area contributed by atoms with Gasteiger partial charge in [-0.15, -0.1) is 5.10 Å². The fraction of sp³-hybridized carbons (Fsp3) is 0.286. The molecule has 64 heavy (non-hydrogen) atoms. The minimum Gasteiger partial charge on any atom is -0.386 e. The third kappa shape index (κ3) is 9.96. The van der Waals surface area contributed by atoms with Crippen molar-refractivity contribution >= 4 is 40.0 Å². The highest BCUT2D eigenvalue weighted by molar-refractivity contribution is 6.09. The number of anilines is 2. The van der Waals surface area contributed by atoms with Gasteiger partial charge in [0.1, 0.15) is 35.1 Å². The summed E-state index contributed by atoms with van der Waals surface area (Å²) >= 11 is 0. The van der Waals surface area contributed by atoms with Crippen molar-refractivity contribution in [2.24, 2.45) is 0 Å². The number of amides is 2. The quantitative estimate of drug-likeness (QED) is 0.0548. The number of H-pyrrole nitrogens is 1. The molecular formula is C49H49F2N9O4. The Bertz CT molecular complexity index is 2850. The molecule has 3 aromatic heterocycles. The number of hydrogen-bond donors (Lipinski definition) is 4. The van der Waals surface area contributed by atoms with Crippen molar-refractivity contribution in [1.29, 1.82) is 0 Å². The van der Waals surface area contributed by atoms with Crippen LogP contribution in [-0.2, 0) is 28.3 Å². The lowest BCUT2D eigenvalue weighted by Crippen LogP contribution is -2.39. The standard InChI is InChI=1S/C49H49F2N9O4/c1-30-39(23-35(50)24-42(30)56-48(63)38-16-15-34(22-41(38)51)49(2,3)64)46-40-26-43(55-47(40)54-29-53-46)32-13-11-31(12-14-32)27-52-18-6-4-5-7-19-59-28-44(57-58-59)33-9-8-10-36(21-33)60-20-17-37(61)25-45(60)62/h8-16,21-24,26,28-29,52,64H,4-7,17-20,25,27H2,1-3H3,(H,56,63)(H,53,54,55). The van der Waals surface area contributed by atoms with Gasteiger partial charge in [-0.3, -0.25) is 19.1 Å². The number of aliphatic hydroxyl groups is 1. The van der Waals surface area contributed by atoms with Crippen molar-refractivity contribution in [3.63, 3.8) is 0 Å². The maximum Gasteiger partial charge on any atom is 0.258 e. The molecule has 0 radical (unpaired) electrons. The fourth-order valence-corrected chi connectivity index (χ4v) is 7.91. The summed E-state index contributed by atoms with van der Waals surface area (Å²) in [6.07, 6.45) is 7.82. The Morgan fingerprint density at radius 3 is 2.52 bits per heavy atom. The molecule has 328 valence electrons. The van der Waals surface area contributed by atoms with Crippen molar-refractivity contribution in [2.45, 2.75) is 78.0 Å². The molecule has 8 rings (SSSR count). The molecule has 4 aromatic carbocycles. The molecule has 4 heterocycles. The number of nitrogens with one attached hydrogen (secondary N) is 3. The topological polar surface area (TPSA) is 171 Å². The number of hydrogen-bond acceptors (Lipinski definition) is 9. The van der Waals surface area contributed by atoms with Gasteiger partial charge in [0.05, 0.1) is 29.5 Å². The predicted molar refractivity (Wildman–Crippen MR) is 241 cm³/mol. The van der Waals surface area contributed by atoms with Crippen LogP contribution in [0.5, 0.6) is 0 Å². The van der Waals surface area contributed by atoms with E-state index < -0.39 is 23.1 Å². The van der Waals surface area contributed by atoms with Gasteiger partial charge in [-0.25, -0.2) is 18.7 Å². The van der Waals surface area contributed by atoms with E-state index in [9.17, 15) is 23.9 Å². The Labute approximate surface area is 369 Å². The number of ketones is 1. The van der Waals surface area contributed by atoms with Crippen molar-refractivity contribution < 1.29 is 28.3 Å². The van der Waals surface area contributed by atoms with E-state index in [-0.39, 0.29) is 29.4 Å². The minimum absolute atomic E-state index is 0.0169. The molecule has 15 heteroatoms. The molecule has 1 aliphatic heterocycles. The lowest BCUT2D eigenvalue weighted by atomic mass is 9.96. The van der Waals surface area contributed by atoms with E-state index >= 15 is 4.39 Å². The number of benzene rings is 4. The fourth-order valence-electron chi connectivity index (χ4n) is 7.91. The van der Waals surface area contributed by atoms with Crippen molar-refractivity contribution in [1.82, 2.24) is 35.3 Å². The summed E-state index contributed by atoms with van der Waals surface area (Å²) in [5.41, 5.74) is 6.28. The van der Waals surface area contributed by atoms with E-state index in [4.69, 9.17) is 0 Å². The number of piperidine rings is 1. The normalized spacial score (nSPS) is 13.2. The minimum atomic E-state index is -1.29. The van der Waals surface area contributed by atoms with Crippen LogP contribution in [0.2, 0.25) is 0 Å². The van der Waals surface area contributed by atoms with Crippen LogP contribution >= 0.6 is 0 Å². The number of Topliss-reactive ketones (excluding diaryl/α,β-unsaturated/α-hetero) is 1. The Morgan fingerprint density at radius 2 is 1.73 bits per heavy atom. The Morgan fingerprint density at radius 1 is 0.922 bits per heavy atom. The zero-order valence-electron chi connectivity index (χ0n) is 35.9. The maximum absolute atomic E-state index is 15.1. The first-order chi connectivity index (χ1) is 30.8. The highest BCUT2D eigenvalue weighted by atomic mass is 19.1. The highest BCUT2D eigenvalue weighted by Gasteiger charge is 2.26. The monoisotopic (exact) mass is 865 g/mol. The second-order valence-corrected chi connectivity index (χ2v) is 16.7. The Hall–Kier alpha value is -6.97. The first kappa shape index (κ1) is 43.7. The maximum atomic E-state index is 15.1. The van der Waals surface area contributed by atoms with Gasteiger partial charge in [0.15, 0.2) is 0 Å². The lowest BCUT2D eigenvalue weighted by Gasteiger charge is -2.26. The average molecular weight is 866 g/mol. The van der Waals surface area contributed by atoms with Crippen molar-refractivity contribution in [2.75, 3.05) is 23.3 Å². The van der Waals surface area contributed by atoms with Gasteiger partial charge in [-0.1, -0.05) is 60.5 Å². The van der Waals surface area contributed by atoms with Gasteiger partial charge in [0.2, 0.25) is 5.91 Å². The van der Waals surface area contributed by atoms with E-state index in [0.717, 1.165) is 85.1 Å². The number of unbranched alkanes of at least 4 members (excludes halogenated alkanes) is 3. The summed E-state index contributed by atoms with van der Waals surface area (Å²) in [7, 11) is 0. The van der Waals surface area contributed by atoms with Gasteiger partial charge in [0.25, 0.3) is 5.91 Å². The van der Waals surface area contributed by atoms with Gasteiger partial charge in [-0.2, -0.15) is 0 Å². The number of rotatable bonds is 16. The summed E-state index contributed by atoms with van der Waals surface area (Å²) in [5, 5.41) is 25.8. The van der Waals surface area contributed by atoms with E-state index in [1.165, 1.54) is 44.4 Å². The van der Waals surface area contributed by atoms with E-state index in [2.05, 4.69) is 48.0 Å². The third-order valence-corrected chi connectivity index (χ3v) is 11.6. The number of nitrogens with zero attached hydrogens (tertiary/aromatic N) is 6. The number of carbonyl (C=O) groups excluding carboxylic acids is 3. The highest BCUT2D eigenvalue weighted by Crippen LogP contribution is 2.35. The van der Waals surface area contributed by atoms with Crippen molar-refractivity contribution in [3.05, 3.63) is 131 Å². The van der Waals surface area contributed by atoms with Crippen LogP contribution in [0.25, 0.3) is 44.8 Å². The molecule has 1 saturated heterocycles. The van der Waals surface area contributed by atoms with Crippen molar-refractivity contribution in [3.8, 4) is 33.8 Å². The molecule has 0 aliphatic carbocycles. The molecule has 2 amide bonds. The number of halogens is 2. The van der Waals surface area contributed by atoms with Crippen LogP contribution in [0, 0.1) is 18.6 Å². The van der Waals surface area contributed by atoms with Crippen LogP contribution in [0.3, 0.4) is 0 Å². The zero-order chi connectivity index (χ0) is 45.0. The van der Waals surface area contributed by atoms with Crippen LogP contribution in [0.1, 0.15) is 79.4 Å². The molecule has 13 nitrogen and oxygen atoms in total. The van der Waals surface area contributed by atoms with E-state index in [1.807, 2.05) is 53.3 Å². The van der Waals surface area contributed by atoms with Crippen LogP contribution in [0.4, 0.5) is 20.2 Å². The zero-order valence-corrected chi connectivity index (χ0v) is 35.9. The molecule has 0 bridgehead atoms. The van der Waals surface area contributed by atoms with Crippen LogP contribution < -0.4 is 15.5 Å². The predicted octanol–water partition coefficient (Wildman–Crippen LogP) is 8.66. The molecule has 7 aromatic rings. The SMILES string of the molecule is Cc1c(NC(=O)c2ccc(C(C)(C)O)cc2F)cc(F)cc1-c1ncnc2[nH]c(-c3ccc(CNCCCCCCn4cc(-c5cccc(N6CCC(=O)CC6=O)c5)nn4)cc3)cc12. The number of fused-ring (bicyclic) bond motifs is 1. The van der Waals surface area contributed by atoms with Gasteiger partial charge < -0.3 is 25.6 Å². The second-order valence-electron chi connectivity index (χ2n) is 16.7. The molecule has 0 spiro atoms. The van der Waals surface area contributed by atoms with Gasteiger partial charge in [0, 0.05) is 59.6 Å². The van der Waals surface area contributed by atoms with Crippen LogP contribution in [-0.4, -0.2) is 65.7 Å². The molecule has 1 aliphatic rings. The lowest BCUT2D eigenvalue weighted by molar-refractivity contribution is -0.128. The molecule has 0 unspecified atom stereocenters. The van der Waals surface area contributed by atoms with E-state index in [0.29, 0.717) is 46.4 Å². The molecule has 0 atom stereocenters. The summed E-state index contributed by atoms with van der Waals surface area (Å²) in [6, 6.07) is 24.2. The number of aromatic nitrogens is 6. The molecule has 1 fully saturated rings. The molecular weight excluding hydrogens is 817 g/mol. The first-order valence-corrected chi connectivity index (χ1v) is 21.4. The summed E-state index contributed by atoms with van der Waals surface area (Å²) in [5.74, 6) is -2.35. The molecule has 0 saturated carbocycles. The van der Waals surface area contributed by atoms with Gasteiger partial charge in [-0.05, 0) is 105 Å². The summed E-state index contributed by atoms with van der Waals surface area (Å²) in [6.45, 7) is 7.56. The van der Waals surface area contributed by atoms with Crippen LogP contribution in [0.15, 0.2) is 97.5 Å². The smallest absolute Gasteiger partial charge is 0.258 e. The summed E-state index contributed by atoms with van der Waals surface area (Å²) < 4.78 is 32.0. The number of aromatic amines is 1. The third-order valence-electron chi connectivity index (χ3n) is 11.6. The number of carbonyl (C=O) groups is 3. The largest absolute Gasteiger partial charge is 0.386 e. The summed E-state index contributed by atoms with van der Waals surface area (Å²) in [4.78, 5) is 51.2. The first-order valence-electron chi connectivity index (χ1n) is 21.4. The second kappa shape index (κ2) is 18.8. The van der Waals surface area contributed by atoms with Gasteiger partial charge >= 0.3 is 0 Å². The average Bonchev–Trinajstić information content (AvgIpc) is 3.94. The molecule has 4 N–H and O–H groups in total. The Balaban J connectivity index is 0.813. The Kier molecular flexibility index (Phi) is 12.8. The number of aryl methyl sites for hydroxylation is 1.